The summed E-state index contributed by atoms with van der Waals surface area (Å²) < 4.78 is 6.73. The second kappa shape index (κ2) is 5.46. The van der Waals surface area contributed by atoms with Crippen LogP contribution in [-0.2, 0) is 21.5 Å². The topological polar surface area (TPSA) is 65.2 Å². The maximum atomic E-state index is 12.9. The van der Waals surface area contributed by atoms with Gasteiger partial charge in [0.25, 0.3) is 0 Å². The normalized spacial score (nSPS) is 36.6. The van der Waals surface area contributed by atoms with E-state index in [1.165, 1.54) is 0 Å². The lowest BCUT2D eigenvalue weighted by Gasteiger charge is -2.54. The summed E-state index contributed by atoms with van der Waals surface area (Å²) in [7, 11) is 0. The van der Waals surface area contributed by atoms with E-state index in [0.717, 1.165) is 41.5 Å². The Morgan fingerprint density at radius 2 is 2.19 bits per heavy atom. The Morgan fingerprint density at radius 1 is 1.37 bits per heavy atom. The third-order valence-corrected chi connectivity index (χ3v) is 7.48. The molecule has 1 aromatic carbocycles. The number of aliphatic carboxylic acids is 1. The lowest BCUT2D eigenvalue weighted by molar-refractivity contribution is -1.00. The summed E-state index contributed by atoms with van der Waals surface area (Å²) in [6, 6.07) is 8.14. The predicted octanol–water partition coefficient (Wildman–Crippen LogP) is 2.22. The van der Waals surface area contributed by atoms with Crippen LogP contribution < -0.4 is 5.11 Å². The number of H-pyrrole nitrogens is 1. The molecule has 1 fully saturated rings. The van der Waals surface area contributed by atoms with Crippen LogP contribution in [0.15, 0.2) is 36.4 Å². The van der Waals surface area contributed by atoms with E-state index < -0.39 is 11.5 Å². The van der Waals surface area contributed by atoms with Crippen LogP contribution in [0.3, 0.4) is 0 Å². The van der Waals surface area contributed by atoms with E-state index >= 15 is 0 Å². The highest BCUT2D eigenvalue weighted by atomic mass is 16.5. The molecule has 1 spiro atoms. The maximum absolute atomic E-state index is 12.9. The first-order valence-electron chi connectivity index (χ1n) is 10.0. The van der Waals surface area contributed by atoms with Crippen LogP contribution in [0.1, 0.15) is 37.9 Å². The number of aromatic nitrogens is 1. The minimum atomic E-state index is -1.09. The summed E-state index contributed by atoms with van der Waals surface area (Å²) in [5.41, 5.74) is 1.64. The molecule has 2 bridgehead atoms. The van der Waals surface area contributed by atoms with Crippen LogP contribution in [0, 0.1) is 5.41 Å². The van der Waals surface area contributed by atoms with Crippen molar-refractivity contribution < 1.29 is 19.1 Å². The zero-order valence-electron chi connectivity index (χ0n) is 16.0. The quantitative estimate of drug-likeness (QED) is 0.667. The number of nitrogens with one attached hydrogen (secondary N) is 1. The van der Waals surface area contributed by atoms with Crippen molar-refractivity contribution in [1.29, 1.82) is 0 Å². The van der Waals surface area contributed by atoms with E-state index in [1.54, 1.807) is 0 Å². The molecule has 0 radical (unpaired) electrons. The summed E-state index contributed by atoms with van der Waals surface area (Å²) >= 11 is 0. The van der Waals surface area contributed by atoms with Gasteiger partial charge in [-0.3, -0.25) is 4.48 Å². The molecule has 5 nitrogen and oxygen atoms in total. The Balaban J connectivity index is 1.83. The monoisotopic (exact) mass is 366 g/mol. The standard InChI is InChI=1S/C22H26N2O3/c1-3-21-11-7-12-24(19(21)27-4-2)13-10-16-15-8-5-6-9-17(15)23-18(16)22(24,14-21)20(25)26/h5-9,11,19,23H,3-4,10,12-14H2,1-2H3/t19?,21-,22+,24+/m0/s1. The van der Waals surface area contributed by atoms with Gasteiger partial charge in [-0.05, 0) is 31.1 Å². The molecule has 5 heteroatoms. The van der Waals surface area contributed by atoms with Gasteiger partial charge in [-0.15, -0.1) is 0 Å². The van der Waals surface area contributed by atoms with E-state index in [4.69, 9.17) is 4.74 Å². The van der Waals surface area contributed by atoms with Crippen LogP contribution in [0.4, 0.5) is 0 Å². The number of hydrogen-bond donors (Lipinski definition) is 1. The molecule has 1 N–H and O–H groups in total. The number of ether oxygens (including phenoxy) is 1. The van der Waals surface area contributed by atoms with Crippen molar-refractivity contribution in [3.05, 3.63) is 47.7 Å². The predicted molar refractivity (Wildman–Crippen MR) is 101 cm³/mol. The van der Waals surface area contributed by atoms with Crippen LogP contribution in [-0.4, -0.2) is 41.4 Å². The van der Waals surface area contributed by atoms with Crippen molar-refractivity contribution in [2.45, 2.75) is 44.9 Å². The van der Waals surface area contributed by atoms with Gasteiger partial charge in [0, 0.05) is 23.7 Å². The van der Waals surface area contributed by atoms with Gasteiger partial charge in [0.1, 0.15) is 12.5 Å². The van der Waals surface area contributed by atoms with Crippen LogP contribution in [0.25, 0.3) is 10.9 Å². The number of carboxylic acids is 1. The Labute approximate surface area is 159 Å². The summed E-state index contributed by atoms with van der Waals surface area (Å²) in [5.74, 6) is -0.973. The van der Waals surface area contributed by atoms with Gasteiger partial charge < -0.3 is 19.6 Å². The number of hydrogen-bond acceptors (Lipinski definition) is 3. The number of aromatic amines is 1. The van der Waals surface area contributed by atoms with Crippen molar-refractivity contribution in [3.63, 3.8) is 0 Å². The van der Waals surface area contributed by atoms with E-state index in [1.807, 2.05) is 25.1 Å². The number of carboxylic acid groups (broad SMARTS) is 1. The summed E-state index contributed by atoms with van der Waals surface area (Å²) in [6.07, 6.45) is 6.50. The Kier molecular flexibility index (Phi) is 3.44. The molecule has 1 saturated heterocycles. The fraction of sp³-hybridized carbons (Fsp3) is 0.500. The van der Waals surface area contributed by atoms with Gasteiger partial charge in [0.2, 0.25) is 6.23 Å². The fourth-order valence-corrected chi connectivity index (χ4v) is 6.36. The minimum Gasteiger partial charge on any atom is -0.543 e. The molecule has 142 valence electrons. The fourth-order valence-electron chi connectivity index (χ4n) is 6.36. The van der Waals surface area contributed by atoms with Crippen LogP contribution in [0.2, 0.25) is 0 Å². The van der Waals surface area contributed by atoms with E-state index in [2.05, 4.69) is 30.1 Å². The average Bonchev–Trinajstić information content (AvgIpc) is 3.10. The number of carbonyl (C=O) groups excluding carboxylic acids is 1. The van der Waals surface area contributed by atoms with Crippen molar-refractivity contribution in [3.8, 4) is 0 Å². The van der Waals surface area contributed by atoms with Gasteiger partial charge in [-0.25, -0.2) is 0 Å². The van der Waals surface area contributed by atoms with E-state index in [9.17, 15) is 9.90 Å². The zero-order valence-corrected chi connectivity index (χ0v) is 16.0. The molecule has 4 heterocycles. The number of fused-ring (bicyclic) bond motifs is 5. The number of benzene rings is 1. The second-order valence-corrected chi connectivity index (χ2v) is 8.34. The molecule has 0 aliphatic carbocycles. The SMILES string of the molecule is CCOC1[C@@]2(CC)C=CC[N@@+]13CCc1c([nH]c4ccccc14)[C@@]3(C(=O)[O-])C2. The molecule has 1 aromatic heterocycles. The van der Waals surface area contributed by atoms with Crippen molar-refractivity contribution in [1.82, 2.24) is 4.98 Å². The third-order valence-electron chi connectivity index (χ3n) is 7.48. The highest BCUT2D eigenvalue weighted by Crippen LogP contribution is 2.63. The number of quaternary nitrogens is 1. The van der Waals surface area contributed by atoms with Gasteiger partial charge in [0.05, 0.1) is 24.3 Å². The molecular weight excluding hydrogens is 340 g/mol. The highest BCUT2D eigenvalue weighted by molar-refractivity contribution is 5.89. The molecule has 2 aromatic rings. The summed E-state index contributed by atoms with van der Waals surface area (Å²) in [6.45, 7) is 6.17. The summed E-state index contributed by atoms with van der Waals surface area (Å²) in [4.78, 5) is 16.4. The molecular formula is C22H26N2O3. The van der Waals surface area contributed by atoms with Crippen molar-refractivity contribution in [2.75, 3.05) is 19.7 Å². The second-order valence-electron chi connectivity index (χ2n) is 8.34. The Hall–Kier alpha value is -2.11. The number of rotatable bonds is 4. The van der Waals surface area contributed by atoms with Gasteiger partial charge >= 0.3 is 0 Å². The van der Waals surface area contributed by atoms with Gasteiger partial charge in [-0.2, -0.15) is 0 Å². The molecule has 27 heavy (non-hydrogen) atoms. The average molecular weight is 366 g/mol. The van der Waals surface area contributed by atoms with Crippen molar-refractivity contribution >= 4 is 16.9 Å². The van der Waals surface area contributed by atoms with Gasteiger partial charge in [0.15, 0.2) is 5.54 Å². The molecule has 3 aliphatic rings. The number of nitrogens with zero attached hydrogens (tertiary/aromatic N) is 1. The van der Waals surface area contributed by atoms with Crippen molar-refractivity contribution in [2.24, 2.45) is 5.41 Å². The lowest BCUT2D eigenvalue weighted by Crippen LogP contribution is -2.72. The first-order chi connectivity index (χ1) is 13.0. The van der Waals surface area contributed by atoms with E-state index in [0.29, 0.717) is 24.1 Å². The molecule has 5 rings (SSSR count). The van der Waals surface area contributed by atoms with Crippen LogP contribution in [0.5, 0.6) is 0 Å². The maximum Gasteiger partial charge on any atom is 0.203 e. The van der Waals surface area contributed by atoms with Crippen LogP contribution >= 0.6 is 0 Å². The molecule has 4 atom stereocenters. The molecule has 1 unspecified atom stereocenters. The first kappa shape index (κ1) is 17.0. The zero-order chi connectivity index (χ0) is 18.9. The van der Waals surface area contributed by atoms with E-state index in [-0.39, 0.29) is 11.6 Å². The first-order valence-corrected chi connectivity index (χ1v) is 10.0. The smallest absolute Gasteiger partial charge is 0.203 e. The summed E-state index contributed by atoms with van der Waals surface area (Å²) in [5, 5.41) is 14.1. The number of para-hydroxylation sites is 1. The number of carbonyl (C=O) groups is 1. The van der Waals surface area contributed by atoms with Gasteiger partial charge in [-0.1, -0.05) is 31.2 Å². The minimum absolute atomic E-state index is 0.144. The third kappa shape index (κ3) is 1.79. The molecule has 0 saturated carbocycles. The largest absolute Gasteiger partial charge is 0.543 e. The Bertz CT molecular complexity index is 964. The lowest BCUT2D eigenvalue weighted by atomic mass is 9.75. The molecule has 3 aliphatic heterocycles. The highest BCUT2D eigenvalue weighted by Gasteiger charge is 2.74. The molecule has 0 amide bonds. The Morgan fingerprint density at radius 3 is 2.93 bits per heavy atom.